The molecule has 2 aliphatic rings. The SMILES string of the molecule is CC1CCC(C(N)=O)CN1C(=O)C1(C(N)=NO)CCC1. The maximum Gasteiger partial charge on any atom is 0.236 e. The Bertz CT molecular complexity index is 445. The summed E-state index contributed by atoms with van der Waals surface area (Å²) in [5.41, 5.74) is 10.2. The van der Waals surface area contributed by atoms with E-state index in [0.29, 0.717) is 25.8 Å². The van der Waals surface area contributed by atoms with Crippen LogP contribution in [-0.2, 0) is 9.59 Å². The predicted molar refractivity (Wildman–Crippen MR) is 72.8 cm³/mol. The van der Waals surface area contributed by atoms with Crippen LogP contribution in [0.2, 0.25) is 0 Å². The molecule has 0 radical (unpaired) electrons. The normalized spacial score (nSPS) is 29.6. The highest BCUT2D eigenvalue weighted by molar-refractivity contribution is 6.07. The highest BCUT2D eigenvalue weighted by Gasteiger charge is 2.51. The molecule has 1 heterocycles. The van der Waals surface area contributed by atoms with Crippen LogP contribution in [0.1, 0.15) is 39.0 Å². The van der Waals surface area contributed by atoms with Gasteiger partial charge in [0.15, 0.2) is 5.84 Å². The van der Waals surface area contributed by atoms with Crippen molar-refractivity contribution in [3.8, 4) is 0 Å². The second kappa shape index (κ2) is 5.30. The van der Waals surface area contributed by atoms with E-state index in [4.69, 9.17) is 16.7 Å². The van der Waals surface area contributed by atoms with Crippen LogP contribution in [0.5, 0.6) is 0 Å². The first-order valence-corrected chi connectivity index (χ1v) is 7.01. The highest BCUT2D eigenvalue weighted by Crippen LogP contribution is 2.44. The molecule has 2 atom stereocenters. The second-order valence-electron chi connectivity index (χ2n) is 5.90. The first-order valence-electron chi connectivity index (χ1n) is 7.01. The quantitative estimate of drug-likeness (QED) is 0.292. The smallest absolute Gasteiger partial charge is 0.236 e. The number of amidine groups is 1. The molecule has 0 aromatic carbocycles. The summed E-state index contributed by atoms with van der Waals surface area (Å²) in [4.78, 5) is 25.8. The van der Waals surface area contributed by atoms with Crippen LogP contribution < -0.4 is 11.5 Å². The summed E-state index contributed by atoms with van der Waals surface area (Å²) in [6.07, 6.45) is 3.50. The monoisotopic (exact) mass is 282 g/mol. The van der Waals surface area contributed by atoms with Gasteiger partial charge < -0.3 is 21.6 Å². The summed E-state index contributed by atoms with van der Waals surface area (Å²) < 4.78 is 0. The summed E-state index contributed by atoms with van der Waals surface area (Å²) in [5.74, 6) is -0.847. The Morgan fingerprint density at radius 1 is 1.30 bits per heavy atom. The van der Waals surface area contributed by atoms with Crippen molar-refractivity contribution in [2.75, 3.05) is 6.54 Å². The third kappa shape index (κ3) is 2.21. The number of carbonyl (C=O) groups is 2. The van der Waals surface area contributed by atoms with Crippen molar-refractivity contribution in [2.45, 2.75) is 45.1 Å². The van der Waals surface area contributed by atoms with Gasteiger partial charge >= 0.3 is 0 Å². The van der Waals surface area contributed by atoms with Gasteiger partial charge in [0.25, 0.3) is 0 Å². The van der Waals surface area contributed by atoms with Crippen LogP contribution in [0, 0.1) is 11.3 Å². The largest absolute Gasteiger partial charge is 0.409 e. The number of hydrogen-bond acceptors (Lipinski definition) is 4. The first-order chi connectivity index (χ1) is 9.42. The van der Waals surface area contributed by atoms with Crippen molar-refractivity contribution in [2.24, 2.45) is 28.0 Å². The maximum absolute atomic E-state index is 12.8. The van der Waals surface area contributed by atoms with Crippen LogP contribution in [0.15, 0.2) is 5.16 Å². The summed E-state index contributed by atoms with van der Waals surface area (Å²) >= 11 is 0. The standard InChI is InChI=1S/C13H22N4O3/c1-8-3-4-9(10(14)18)7-17(8)12(19)13(5-2-6-13)11(15)16-20/h8-9,20H,2-7H2,1H3,(H2,14,18)(H2,15,16). The molecule has 2 fully saturated rings. The number of primary amides is 1. The van der Waals surface area contributed by atoms with E-state index in [1.165, 1.54) is 0 Å². The Balaban J connectivity index is 2.20. The lowest BCUT2D eigenvalue weighted by molar-refractivity contribution is -0.147. The van der Waals surface area contributed by atoms with E-state index >= 15 is 0 Å². The van der Waals surface area contributed by atoms with Crippen molar-refractivity contribution in [3.63, 3.8) is 0 Å². The molecule has 1 saturated heterocycles. The summed E-state index contributed by atoms with van der Waals surface area (Å²) in [5, 5.41) is 11.9. The van der Waals surface area contributed by atoms with E-state index in [0.717, 1.165) is 12.8 Å². The van der Waals surface area contributed by atoms with E-state index in [9.17, 15) is 9.59 Å². The minimum absolute atomic E-state index is 0.0258. The molecular formula is C13H22N4O3. The summed E-state index contributed by atoms with van der Waals surface area (Å²) in [6.45, 7) is 2.28. The summed E-state index contributed by atoms with van der Waals surface area (Å²) in [6, 6.07) is 0.0436. The molecule has 0 spiro atoms. The molecule has 0 aromatic heterocycles. The van der Waals surface area contributed by atoms with Crippen LogP contribution in [-0.4, -0.2) is 40.3 Å². The number of likely N-dealkylation sites (tertiary alicyclic amines) is 1. The minimum Gasteiger partial charge on any atom is -0.409 e. The molecule has 1 saturated carbocycles. The van der Waals surface area contributed by atoms with Crippen molar-refractivity contribution < 1.29 is 14.8 Å². The fourth-order valence-corrected chi connectivity index (χ4v) is 3.10. The average molecular weight is 282 g/mol. The third-order valence-electron chi connectivity index (χ3n) is 4.76. The number of piperidine rings is 1. The molecule has 112 valence electrons. The minimum atomic E-state index is -0.886. The van der Waals surface area contributed by atoms with Crippen molar-refractivity contribution in [1.29, 1.82) is 0 Å². The number of amides is 2. The Kier molecular flexibility index (Phi) is 3.87. The lowest BCUT2D eigenvalue weighted by Crippen LogP contribution is -2.59. The van der Waals surface area contributed by atoms with Gasteiger partial charge in [-0.1, -0.05) is 11.6 Å². The van der Waals surface area contributed by atoms with Gasteiger partial charge in [0, 0.05) is 12.6 Å². The van der Waals surface area contributed by atoms with E-state index in [1.807, 2.05) is 6.92 Å². The van der Waals surface area contributed by atoms with E-state index in [-0.39, 0.29) is 29.6 Å². The molecule has 2 amide bonds. The van der Waals surface area contributed by atoms with E-state index in [1.54, 1.807) is 4.90 Å². The molecule has 0 bridgehead atoms. The fraction of sp³-hybridized carbons (Fsp3) is 0.769. The Morgan fingerprint density at radius 2 is 1.95 bits per heavy atom. The molecule has 2 unspecified atom stereocenters. The van der Waals surface area contributed by atoms with Crippen molar-refractivity contribution in [3.05, 3.63) is 0 Å². The van der Waals surface area contributed by atoms with Crippen LogP contribution in [0.25, 0.3) is 0 Å². The number of nitrogens with zero attached hydrogens (tertiary/aromatic N) is 2. The molecule has 7 nitrogen and oxygen atoms in total. The molecular weight excluding hydrogens is 260 g/mol. The lowest BCUT2D eigenvalue weighted by Gasteiger charge is -2.46. The van der Waals surface area contributed by atoms with Crippen molar-refractivity contribution >= 4 is 17.6 Å². The summed E-state index contributed by atoms with van der Waals surface area (Å²) in [7, 11) is 0. The zero-order valence-electron chi connectivity index (χ0n) is 11.7. The van der Waals surface area contributed by atoms with Crippen LogP contribution >= 0.6 is 0 Å². The number of carbonyl (C=O) groups excluding carboxylic acids is 2. The number of oxime groups is 1. The van der Waals surface area contributed by atoms with Gasteiger partial charge in [0.05, 0.1) is 5.92 Å². The van der Waals surface area contributed by atoms with E-state index in [2.05, 4.69) is 5.16 Å². The molecule has 0 aromatic rings. The zero-order chi connectivity index (χ0) is 14.9. The lowest BCUT2D eigenvalue weighted by atomic mass is 9.66. The highest BCUT2D eigenvalue weighted by atomic mass is 16.4. The average Bonchev–Trinajstić information content (AvgIpc) is 2.37. The van der Waals surface area contributed by atoms with Crippen LogP contribution in [0.3, 0.4) is 0 Å². The number of nitrogens with two attached hydrogens (primary N) is 2. The molecule has 1 aliphatic carbocycles. The van der Waals surface area contributed by atoms with Gasteiger partial charge in [-0.05, 0) is 32.6 Å². The van der Waals surface area contributed by atoms with Gasteiger partial charge in [-0.15, -0.1) is 0 Å². The predicted octanol–water partition coefficient (Wildman–Crippen LogP) is 0.0155. The maximum atomic E-state index is 12.8. The molecule has 7 heteroatoms. The topological polar surface area (TPSA) is 122 Å². The van der Waals surface area contributed by atoms with Gasteiger partial charge in [-0.25, -0.2) is 0 Å². The Morgan fingerprint density at radius 3 is 2.40 bits per heavy atom. The fourth-order valence-electron chi connectivity index (χ4n) is 3.10. The molecule has 1 aliphatic heterocycles. The zero-order valence-corrected chi connectivity index (χ0v) is 11.7. The van der Waals surface area contributed by atoms with Gasteiger partial charge in [0.2, 0.25) is 11.8 Å². The van der Waals surface area contributed by atoms with Crippen LogP contribution in [0.4, 0.5) is 0 Å². The van der Waals surface area contributed by atoms with Crippen molar-refractivity contribution in [1.82, 2.24) is 4.90 Å². The number of rotatable bonds is 3. The molecule has 5 N–H and O–H groups in total. The van der Waals surface area contributed by atoms with E-state index < -0.39 is 5.41 Å². The second-order valence-corrected chi connectivity index (χ2v) is 5.90. The first kappa shape index (κ1) is 14.6. The third-order valence-corrected chi connectivity index (χ3v) is 4.76. The Hall–Kier alpha value is -1.79. The van der Waals surface area contributed by atoms with Gasteiger partial charge in [0.1, 0.15) is 5.41 Å². The molecule has 20 heavy (non-hydrogen) atoms. The Labute approximate surface area is 118 Å². The van der Waals surface area contributed by atoms with Gasteiger partial charge in [-0.2, -0.15) is 0 Å². The van der Waals surface area contributed by atoms with Gasteiger partial charge in [-0.3, -0.25) is 9.59 Å². The molecule has 2 rings (SSSR count). The number of hydrogen-bond donors (Lipinski definition) is 3.